The Morgan fingerprint density at radius 1 is 1.25 bits per heavy atom. The van der Waals surface area contributed by atoms with E-state index in [9.17, 15) is 4.79 Å². The van der Waals surface area contributed by atoms with Crippen molar-refractivity contribution in [2.45, 2.75) is 20.0 Å². The van der Waals surface area contributed by atoms with E-state index in [0.29, 0.717) is 32.2 Å². The van der Waals surface area contributed by atoms with Crippen LogP contribution < -0.4 is 10.6 Å². The summed E-state index contributed by atoms with van der Waals surface area (Å²) in [6.45, 7) is 6.29. The zero-order chi connectivity index (χ0) is 12.4. The molecule has 5 nitrogen and oxygen atoms in total. The number of carbonyl (C=O) groups excluding carboxylic acids is 1. The molecule has 0 aromatic heterocycles. The topological polar surface area (TPSA) is 59.6 Å². The van der Waals surface area contributed by atoms with Crippen LogP contribution >= 0.6 is 0 Å². The Bertz CT molecular complexity index is 186. The molecule has 2 N–H and O–H groups in total. The molecule has 0 bridgehead atoms. The average Bonchev–Trinajstić information content (AvgIpc) is 2.25. The summed E-state index contributed by atoms with van der Waals surface area (Å²) in [5.74, 6) is 0.491. The molecule has 0 radical (unpaired) electrons. The first-order valence-corrected chi connectivity index (χ1v) is 5.59. The number of rotatable bonds is 9. The summed E-state index contributed by atoms with van der Waals surface area (Å²) in [6.07, 6.45) is -0.0112. The Balaban J connectivity index is 3.52. The standard InChI is InChI=1S/C11H24N2O3/c1-9(2)5-13-11(14)7-12-6-10(16-4)8-15-3/h9-10,12H,5-8H2,1-4H3,(H,13,14). The van der Waals surface area contributed by atoms with Crippen molar-refractivity contribution in [2.24, 2.45) is 5.92 Å². The maximum Gasteiger partial charge on any atom is 0.233 e. The Hall–Kier alpha value is -0.650. The van der Waals surface area contributed by atoms with Gasteiger partial charge in [-0.15, -0.1) is 0 Å². The molecule has 1 amide bonds. The second-order valence-corrected chi connectivity index (χ2v) is 4.14. The highest BCUT2D eigenvalue weighted by atomic mass is 16.5. The number of hydrogen-bond acceptors (Lipinski definition) is 4. The van der Waals surface area contributed by atoms with Gasteiger partial charge in [-0.1, -0.05) is 13.8 Å². The molecule has 96 valence electrons. The van der Waals surface area contributed by atoms with E-state index in [1.165, 1.54) is 0 Å². The molecule has 0 aromatic carbocycles. The third-order valence-corrected chi connectivity index (χ3v) is 2.05. The van der Waals surface area contributed by atoms with E-state index in [2.05, 4.69) is 24.5 Å². The minimum Gasteiger partial charge on any atom is -0.382 e. The first-order chi connectivity index (χ1) is 7.60. The Morgan fingerprint density at radius 3 is 2.44 bits per heavy atom. The van der Waals surface area contributed by atoms with E-state index in [4.69, 9.17) is 9.47 Å². The van der Waals surface area contributed by atoms with Gasteiger partial charge in [0.1, 0.15) is 0 Å². The van der Waals surface area contributed by atoms with Crippen molar-refractivity contribution in [3.63, 3.8) is 0 Å². The van der Waals surface area contributed by atoms with Crippen molar-refractivity contribution in [3.8, 4) is 0 Å². The Morgan fingerprint density at radius 2 is 1.94 bits per heavy atom. The predicted octanol–water partition coefficient (Wildman–Crippen LogP) is 0.00960. The first kappa shape index (κ1) is 15.3. The van der Waals surface area contributed by atoms with Gasteiger partial charge in [0, 0.05) is 27.3 Å². The zero-order valence-corrected chi connectivity index (χ0v) is 10.7. The molecule has 0 saturated carbocycles. The van der Waals surface area contributed by atoms with Crippen molar-refractivity contribution in [1.82, 2.24) is 10.6 Å². The van der Waals surface area contributed by atoms with E-state index in [1.807, 2.05) is 0 Å². The summed E-state index contributed by atoms with van der Waals surface area (Å²) in [5, 5.41) is 5.86. The van der Waals surface area contributed by atoms with Crippen molar-refractivity contribution < 1.29 is 14.3 Å². The van der Waals surface area contributed by atoms with Crippen LogP contribution in [0.3, 0.4) is 0 Å². The highest BCUT2D eigenvalue weighted by molar-refractivity contribution is 5.77. The number of amides is 1. The fraction of sp³-hybridized carbons (Fsp3) is 0.909. The normalized spacial score (nSPS) is 12.8. The van der Waals surface area contributed by atoms with E-state index in [1.54, 1.807) is 14.2 Å². The van der Waals surface area contributed by atoms with Crippen LogP contribution in [-0.2, 0) is 14.3 Å². The summed E-state index contributed by atoms with van der Waals surface area (Å²) < 4.78 is 10.1. The zero-order valence-electron chi connectivity index (χ0n) is 10.7. The van der Waals surface area contributed by atoms with Gasteiger partial charge in [0.2, 0.25) is 5.91 Å². The second kappa shape index (κ2) is 9.57. The van der Waals surface area contributed by atoms with Crippen LogP contribution in [0.4, 0.5) is 0 Å². The third kappa shape index (κ3) is 8.64. The number of ether oxygens (including phenoxy) is 2. The molecule has 5 heteroatoms. The highest BCUT2D eigenvalue weighted by Crippen LogP contribution is 1.88. The largest absolute Gasteiger partial charge is 0.382 e. The van der Waals surface area contributed by atoms with Crippen LogP contribution in [0.1, 0.15) is 13.8 Å². The molecule has 0 aliphatic carbocycles. The van der Waals surface area contributed by atoms with E-state index >= 15 is 0 Å². The molecule has 0 aromatic rings. The minimum absolute atomic E-state index is 0.0112. The lowest BCUT2D eigenvalue weighted by Crippen LogP contribution is -2.40. The lowest BCUT2D eigenvalue weighted by molar-refractivity contribution is -0.120. The summed E-state index contributed by atoms with van der Waals surface area (Å²) in [6, 6.07) is 0. The quantitative estimate of drug-likeness (QED) is 0.588. The molecular weight excluding hydrogens is 208 g/mol. The predicted molar refractivity (Wildman–Crippen MR) is 63.4 cm³/mol. The maximum atomic E-state index is 11.3. The molecular formula is C11H24N2O3. The van der Waals surface area contributed by atoms with Crippen molar-refractivity contribution in [3.05, 3.63) is 0 Å². The SMILES string of the molecule is COCC(CNCC(=O)NCC(C)C)OC. The smallest absolute Gasteiger partial charge is 0.233 e. The molecule has 0 fully saturated rings. The minimum atomic E-state index is -0.0112. The number of methoxy groups -OCH3 is 2. The Labute approximate surface area is 97.9 Å². The third-order valence-electron chi connectivity index (χ3n) is 2.05. The van der Waals surface area contributed by atoms with Gasteiger partial charge in [0.15, 0.2) is 0 Å². The lowest BCUT2D eigenvalue weighted by atomic mass is 10.2. The van der Waals surface area contributed by atoms with Gasteiger partial charge in [0.05, 0.1) is 19.3 Å². The van der Waals surface area contributed by atoms with Gasteiger partial charge in [-0.05, 0) is 5.92 Å². The van der Waals surface area contributed by atoms with Crippen LogP contribution in [0.2, 0.25) is 0 Å². The number of hydrogen-bond donors (Lipinski definition) is 2. The summed E-state index contributed by atoms with van der Waals surface area (Å²) >= 11 is 0. The van der Waals surface area contributed by atoms with Crippen molar-refractivity contribution >= 4 is 5.91 Å². The van der Waals surface area contributed by atoms with Gasteiger partial charge >= 0.3 is 0 Å². The van der Waals surface area contributed by atoms with Gasteiger partial charge in [-0.3, -0.25) is 4.79 Å². The molecule has 1 unspecified atom stereocenters. The molecule has 0 saturated heterocycles. The van der Waals surface area contributed by atoms with Gasteiger partial charge < -0.3 is 20.1 Å². The lowest BCUT2D eigenvalue weighted by Gasteiger charge is -2.15. The highest BCUT2D eigenvalue weighted by Gasteiger charge is 2.07. The van der Waals surface area contributed by atoms with Crippen molar-refractivity contribution in [2.75, 3.05) is 40.5 Å². The van der Waals surface area contributed by atoms with Crippen molar-refractivity contribution in [1.29, 1.82) is 0 Å². The van der Waals surface area contributed by atoms with Gasteiger partial charge in [0.25, 0.3) is 0 Å². The van der Waals surface area contributed by atoms with Gasteiger partial charge in [-0.25, -0.2) is 0 Å². The molecule has 0 spiro atoms. The fourth-order valence-electron chi connectivity index (χ4n) is 1.12. The van der Waals surface area contributed by atoms with E-state index in [0.717, 1.165) is 0 Å². The summed E-state index contributed by atoms with van der Waals surface area (Å²) in [5.41, 5.74) is 0. The maximum absolute atomic E-state index is 11.3. The number of nitrogens with one attached hydrogen (secondary N) is 2. The molecule has 0 rings (SSSR count). The number of carbonyl (C=O) groups is 1. The molecule has 0 aliphatic heterocycles. The Kier molecular flexibility index (Phi) is 9.18. The van der Waals surface area contributed by atoms with E-state index < -0.39 is 0 Å². The van der Waals surface area contributed by atoms with Crippen LogP contribution in [0.15, 0.2) is 0 Å². The van der Waals surface area contributed by atoms with E-state index in [-0.39, 0.29) is 12.0 Å². The summed E-state index contributed by atoms with van der Waals surface area (Å²) in [4.78, 5) is 11.3. The molecule has 0 aliphatic rings. The van der Waals surface area contributed by atoms with Crippen LogP contribution in [0.5, 0.6) is 0 Å². The fourth-order valence-corrected chi connectivity index (χ4v) is 1.12. The summed E-state index contributed by atoms with van der Waals surface area (Å²) in [7, 11) is 3.26. The molecule has 0 heterocycles. The van der Waals surface area contributed by atoms with Gasteiger partial charge in [-0.2, -0.15) is 0 Å². The first-order valence-electron chi connectivity index (χ1n) is 5.59. The second-order valence-electron chi connectivity index (χ2n) is 4.14. The van der Waals surface area contributed by atoms with Crippen LogP contribution in [0.25, 0.3) is 0 Å². The molecule has 16 heavy (non-hydrogen) atoms. The monoisotopic (exact) mass is 232 g/mol. The van der Waals surface area contributed by atoms with Crippen LogP contribution in [-0.4, -0.2) is 52.5 Å². The molecule has 1 atom stereocenters. The average molecular weight is 232 g/mol. The van der Waals surface area contributed by atoms with Crippen LogP contribution in [0, 0.1) is 5.92 Å².